The summed E-state index contributed by atoms with van der Waals surface area (Å²) in [5.41, 5.74) is 7.44. The Morgan fingerprint density at radius 1 is 1.33 bits per heavy atom. The van der Waals surface area contributed by atoms with Crippen LogP contribution in [0.25, 0.3) is 0 Å². The van der Waals surface area contributed by atoms with Crippen molar-refractivity contribution in [2.24, 2.45) is 5.92 Å². The van der Waals surface area contributed by atoms with Gasteiger partial charge in [-0.3, -0.25) is 10.1 Å². The average Bonchev–Trinajstić information content (AvgIpc) is 2.39. The number of thioether (sulfide) groups is 1. The molecule has 0 atom stereocenters. The number of imide groups is 1. The van der Waals surface area contributed by atoms with Gasteiger partial charge in [0, 0.05) is 17.1 Å². The Bertz CT molecular complexity index is 504. The lowest BCUT2D eigenvalue weighted by Crippen LogP contribution is -2.40. The summed E-state index contributed by atoms with van der Waals surface area (Å²) in [6, 6.07) is 5.12. The van der Waals surface area contributed by atoms with E-state index in [1.54, 1.807) is 0 Å². The molecule has 3 amide bonds. The molecule has 21 heavy (non-hydrogen) atoms. The van der Waals surface area contributed by atoms with E-state index in [0.29, 0.717) is 18.2 Å². The summed E-state index contributed by atoms with van der Waals surface area (Å²) in [6.45, 7) is 6.68. The van der Waals surface area contributed by atoms with E-state index in [0.717, 1.165) is 16.9 Å². The second kappa shape index (κ2) is 8.56. The first-order chi connectivity index (χ1) is 9.88. The van der Waals surface area contributed by atoms with Gasteiger partial charge in [-0.15, -0.1) is 11.8 Å². The SMILES string of the molecule is Cc1ccc(N)cc1SCC(=O)NC(=O)NCCC(C)C. The first-order valence-corrected chi connectivity index (χ1v) is 7.93. The molecule has 0 aromatic heterocycles. The van der Waals surface area contributed by atoms with Crippen molar-refractivity contribution in [2.45, 2.75) is 32.1 Å². The van der Waals surface area contributed by atoms with E-state index in [4.69, 9.17) is 5.73 Å². The molecule has 0 aliphatic carbocycles. The zero-order chi connectivity index (χ0) is 15.8. The molecule has 116 valence electrons. The third-order valence-corrected chi connectivity index (χ3v) is 3.99. The molecule has 0 aliphatic heterocycles. The van der Waals surface area contributed by atoms with Gasteiger partial charge in [0.15, 0.2) is 0 Å². The molecule has 1 aromatic rings. The van der Waals surface area contributed by atoms with Gasteiger partial charge in [-0.1, -0.05) is 19.9 Å². The van der Waals surface area contributed by atoms with Gasteiger partial charge in [-0.05, 0) is 37.0 Å². The van der Waals surface area contributed by atoms with Gasteiger partial charge in [0.1, 0.15) is 0 Å². The molecule has 6 heteroatoms. The van der Waals surface area contributed by atoms with Crippen molar-refractivity contribution in [3.8, 4) is 0 Å². The summed E-state index contributed by atoms with van der Waals surface area (Å²) in [5.74, 6) is 0.383. The molecule has 1 rings (SSSR count). The van der Waals surface area contributed by atoms with Crippen LogP contribution in [0, 0.1) is 12.8 Å². The summed E-state index contributed by atoms with van der Waals surface area (Å²) in [5, 5.41) is 4.98. The van der Waals surface area contributed by atoms with Crippen molar-refractivity contribution in [3.63, 3.8) is 0 Å². The summed E-state index contributed by atoms with van der Waals surface area (Å²) in [4.78, 5) is 24.1. The standard InChI is InChI=1S/C15H23N3O2S/c1-10(2)6-7-17-15(20)18-14(19)9-21-13-8-12(16)5-4-11(13)3/h4-5,8,10H,6-7,9,16H2,1-3H3,(H2,17,18,19,20). The fourth-order valence-corrected chi connectivity index (χ4v) is 2.47. The molecule has 4 N–H and O–H groups in total. The van der Waals surface area contributed by atoms with Gasteiger partial charge in [-0.2, -0.15) is 0 Å². The molecule has 0 saturated heterocycles. The number of hydrogen-bond donors (Lipinski definition) is 3. The lowest BCUT2D eigenvalue weighted by molar-refractivity contribution is -0.117. The zero-order valence-corrected chi connectivity index (χ0v) is 13.5. The molecular weight excluding hydrogens is 286 g/mol. The molecule has 0 bridgehead atoms. The Hall–Kier alpha value is -1.69. The predicted octanol–water partition coefficient (Wildman–Crippen LogP) is 2.54. The smallest absolute Gasteiger partial charge is 0.321 e. The maximum atomic E-state index is 11.7. The van der Waals surface area contributed by atoms with E-state index >= 15 is 0 Å². The van der Waals surface area contributed by atoms with Crippen LogP contribution in [-0.4, -0.2) is 24.2 Å². The van der Waals surface area contributed by atoms with Crippen LogP contribution in [0.5, 0.6) is 0 Å². The number of anilines is 1. The first kappa shape index (κ1) is 17.4. The number of amides is 3. The Morgan fingerprint density at radius 2 is 2.05 bits per heavy atom. The Labute approximate surface area is 130 Å². The van der Waals surface area contributed by atoms with Crippen LogP contribution in [0.3, 0.4) is 0 Å². The lowest BCUT2D eigenvalue weighted by Gasteiger charge is -2.09. The molecule has 0 aliphatic rings. The largest absolute Gasteiger partial charge is 0.399 e. The maximum absolute atomic E-state index is 11.7. The molecule has 0 saturated carbocycles. The molecule has 5 nitrogen and oxygen atoms in total. The van der Waals surface area contributed by atoms with E-state index in [2.05, 4.69) is 24.5 Å². The van der Waals surface area contributed by atoms with Crippen LogP contribution in [0.15, 0.2) is 23.1 Å². The fraction of sp³-hybridized carbons (Fsp3) is 0.467. The number of benzene rings is 1. The average molecular weight is 309 g/mol. The Kier molecular flexibility index (Phi) is 7.08. The minimum atomic E-state index is -0.439. The number of hydrogen-bond acceptors (Lipinski definition) is 4. The highest BCUT2D eigenvalue weighted by atomic mass is 32.2. The fourth-order valence-electron chi connectivity index (χ4n) is 1.60. The molecule has 0 spiro atoms. The maximum Gasteiger partial charge on any atom is 0.321 e. The third-order valence-electron chi connectivity index (χ3n) is 2.83. The lowest BCUT2D eigenvalue weighted by atomic mass is 10.1. The van der Waals surface area contributed by atoms with Gasteiger partial charge in [0.05, 0.1) is 5.75 Å². The first-order valence-electron chi connectivity index (χ1n) is 6.95. The van der Waals surface area contributed by atoms with E-state index in [1.165, 1.54) is 11.8 Å². The highest BCUT2D eigenvalue weighted by Gasteiger charge is 2.09. The summed E-state index contributed by atoms with van der Waals surface area (Å²) >= 11 is 1.37. The minimum Gasteiger partial charge on any atom is -0.399 e. The molecule has 1 aromatic carbocycles. The topological polar surface area (TPSA) is 84.2 Å². The summed E-state index contributed by atoms with van der Waals surface area (Å²) in [6.07, 6.45) is 0.888. The predicted molar refractivity (Wildman–Crippen MR) is 87.3 cm³/mol. The quantitative estimate of drug-likeness (QED) is 0.557. The second-order valence-corrected chi connectivity index (χ2v) is 6.32. The van der Waals surface area contributed by atoms with Crippen molar-refractivity contribution in [2.75, 3.05) is 18.0 Å². The van der Waals surface area contributed by atoms with Crippen molar-refractivity contribution < 1.29 is 9.59 Å². The van der Waals surface area contributed by atoms with Crippen molar-refractivity contribution >= 4 is 29.4 Å². The minimum absolute atomic E-state index is 0.182. The number of carbonyl (C=O) groups is 2. The van der Waals surface area contributed by atoms with Gasteiger partial charge in [-0.25, -0.2) is 4.79 Å². The zero-order valence-electron chi connectivity index (χ0n) is 12.7. The molecule has 0 heterocycles. The summed E-state index contributed by atoms with van der Waals surface area (Å²) < 4.78 is 0. The Balaban J connectivity index is 2.33. The summed E-state index contributed by atoms with van der Waals surface area (Å²) in [7, 11) is 0. The van der Waals surface area contributed by atoms with Crippen LogP contribution in [-0.2, 0) is 4.79 Å². The number of nitrogens with two attached hydrogens (primary N) is 1. The van der Waals surface area contributed by atoms with Crippen LogP contribution < -0.4 is 16.4 Å². The number of nitrogen functional groups attached to an aromatic ring is 1. The molecule has 0 fully saturated rings. The van der Waals surface area contributed by atoms with Gasteiger partial charge < -0.3 is 11.1 Å². The van der Waals surface area contributed by atoms with Crippen LogP contribution in [0.4, 0.5) is 10.5 Å². The number of rotatable bonds is 6. The normalized spacial score (nSPS) is 10.5. The Morgan fingerprint density at radius 3 is 2.71 bits per heavy atom. The highest BCUT2D eigenvalue weighted by molar-refractivity contribution is 8.00. The molecule has 0 radical (unpaired) electrons. The van der Waals surface area contributed by atoms with Gasteiger partial charge >= 0.3 is 6.03 Å². The van der Waals surface area contributed by atoms with Crippen molar-refractivity contribution in [1.82, 2.24) is 10.6 Å². The van der Waals surface area contributed by atoms with E-state index in [1.807, 2.05) is 25.1 Å². The third kappa shape index (κ3) is 7.04. The molecular formula is C15H23N3O2S. The highest BCUT2D eigenvalue weighted by Crippen LogP contribution is 2.24. The van der Waals surface area contributed by atoms with E-state index in [-0.39, 0.29) is 11.7 Å². The van der Waals surface area contributed by atoms with Crippen LogP contribution >= 0.6 is 11.8 Å². The van der Waals surface area contributed by atoms with Gasteiger partial charge in [0.2, 0.25) is 5.91 Å². The van der Waals surface area contributed by atoms with Gasteiger partial charge in [0.25, 0.3) is 0 Å². The van der Waals surface area contributed by atoms with E-state index in [9.17, 15) is 9.59 Å². The number of carbonyl (C=O) groups excluding carboxylic acids is 2. The van der Waals surface area contributed by atoms with Crippen molar-refractivity contribution in [3.05, 3.63) is 23.8 Å². The number of nitrogens with one attached hydrogen (secondary N) is 2. The monoisotopic (exact) mass is 309 g/mol. The van der Waals surface area contributed by atoms with Crippen molar-refractivity contribution in [1.29, 1.82) is 0 Å². The van der Waals surface area contributed by atoms with Crippen LogP contribution in [0.2, 0.25) is 0 Å². The number of aryl methyl sites for hydroxylation is 1. The number of urea groups is 1. The molecule has 0 unspecified atom stereocenters. The van der Waals surface area contributed by atoms with Crippen LogP contribution in [0.1, 0.15) is 25.8 Å². The second-order valence-electron chi connectivity index (χ2n) is 5.30. The van der Waals surface area contributed by atoms with E-state index < -0.39 is 6.03 Å².